The molecule has 0 bridgehead atoms. The van der Waals surface area contributed by atoms with Crippen molar-refractivity contribution < 1.29 is 4.43 Å². The van der Waals surface area contributed by atoms with Gasteiger partial charge in [-0.25, -0.2) is 0 Å². The lowest BCUT2D eigenvalue weighted by atomic mass is 10.1. The van der Waals surface area contributed by atoms with Crippen LogP contribution in [0.5, 0.6) is 0 Å². The molecular formula is C12H30OSi3. The molecule has 16 heavy (non-hydrogen) atoms. The lowest BCUT2D eigenvalue weighted by Crippen LogP contribution is -2.38. The Bertz CT molecular complexity index is 160. The molecule has 1 heterocycles. The zero-order chi connectivity index (χ0) is 11.6. The quantitative estimate of drug-likeness (QED) is 0.486. The van der Waals surface area contributed by atoms with Crippen LogP contribution < -0.4 is 0 Å². The van der Waals surface area contributed by atoms with Crippen molar-refractivity contribution in [2.45, 2.75) is 70.4 Å². The van der Waals surface area contributed by atoms with E-state index < -0.39 is 0 Å². The zero-order valence-corrected chi connectivity index (χ0v) is 15.3. The third-order valence-corrected chi connectivity index (χ3v) is 24.8. The Morgan fingerprint density at radius 2 is 1.94 bits per heavy atom. The maximum atomic E-state index is 5.66. The monoisotopic (exact) mass is 274 g/mol. The van der Waals surface area contributed by atoms with E-state index in [1.807, 2.05) is 0 Å². The van der Waals surface area contributed by atoms with Crippen LogP contribution in [-0.4, -0.2) is 32.8 Å². The first-order valence-electron chi connectivity index (χ1n) is 7.42. The van der Waals surface area contributed by atoms with Crippen molar-refractivity contribution in [2.24, 2.45) is 0 Å². The summed E-state index contributed by atoms with van der Waals surface area (Å²) in [4.78, 5) is 0. The van der Waals surface area contributed by atoms with Gasteiger partial charge >= 0.3 is 0 Å². The Kier molecular flexibility index (Phi) is 8.82. The van der Waals surface area contributed by atoms with Crippen LogP contribution in [0.1, 0.15) is 58.8 Å². The first-order chi connectivity index (χ1) is 7.84. The molecule has 4 heteroatoms. The van der Waals surface area contributed by atoms with E-state index >= 15 is 0 Å². The Labute approximate surface area is 108 Å². The minimum Gasteiger partial charge on any atom is -0.428 e. The summed E-state index contributed by atoms with van der Waals surface area (Å²) in [6.07, 6.45) is 10.4. The van der Waals surface area contributed by atoms with Gasteiger partial charge in [-0.05, 0) is 6.04 Å². The summed E-state index contributed by atoms with van der Waals surface area (Å²) >= 11 is 0. The lowest BCUT2D eigenvalue weighted by Gasteiger charge is -2.25. The van der Waals surface area contributed by atoms with Gasteiger partial charge in [0, 0.05) is 23.5 Å². The number of unbranched alkanes of at least 4 members (excludes halogenated alkanes) is 5. The van der Waals surface area contributed by atoms with Gasteiger partial charge in [0.25, 0.3) is 0 Å². The molecule has 0 spiro atoms. The van der Waals surface area contributed by atoms with Gasteiger partial charge in [0.2, 0.25) is 0 Å². The van der Waals surface area contributed by atoms with Crippen LogP contribution in [-0.2, 0) is 4.43 Å². The van der Waals surface area contributed by atoms with Crippen LogP contribution in [0, 0.1) is 0 Å². The number of rotatable bonds is 8. The zero-order valence-electron chi connectivity index (χ0n) is 11.3. The molecule has 1 rings (SSSR count). The van der Waals surface area contributed by atoms with Crippen molar-refractivity contribution in [1.82, 2.24) is 0 Å². The van der Waals surface area contributed by atoms with Crippen molar-refractivity contribution in [3.63, 3.8) is 0 Å². The highest BCUT2D eigenvalue weighted by molar-refractivity contribution is 7.35. The summed E-state index contributed by atoms with van der Waals surface area (Å²) in [7, 11) is 0.253. The lowest BCUT2D eigenvalue weighted by molar-refractivity contribution is 0.366. The van der Waals surface area contributed by atoms with Gasteiger partial charge in [0.15, 0.2) is 0 Å². The molecule has 0 saturated carbocycles. The fourth-order valence-corrected chi connectivity index (χ4v) is 24.3. The van der Waals surface area contributed by atoms with E-state index in [9.17, 15) is 0 Å². The van der Waals surface area contributed by atoms with E-state index in [0.29, 0.717) is 8.55 Å². The molecule has 0 aromatic carbocycles. The van der Waals surface area contributed by atoms with Crippen molar-refractivity contribution in [3.8, 4) is 0 Å². The van der Waals surface area contributed by atoms with Crippen molar-refractivity contribution >= 4 is 26.1 Å². The molecule has 0 N–H and O–H groups in total. The summed E-state index contributed by atoms with van der Waals surface area (Å²) in [5.41, 5.74) is 1.16. The highest BCUT2D eigenvalue weighted by Gasteiger charge is 2.21. The standard InChI is InChI=1S/C12H30OSi3/c1-3-4-5-6-7-8-9-12(2)16-11-10-13-14-15-16/h12,16H,3-11,14-15H2,1-2H3. The van der Waals surface area contributed by atoms with Gasteiger partial charge in [0.1, 0.15) is 9.28 Å². The van der Waals surface area contributed by atoms with Gasteiger partial charge in [-0.1, -0.05) is 64.3 Å². The Morgan fingerprint density at radius 1 is 1.19 bits per heavy atom. The molecule has 1 aliphatic rings. The highest BCUT2D eigenvalue weighted by atomic mass is 29.5. The SMILES string of the molecule is CCCCCCCCC(C)[SiH]1CCO[SiH2][SiH2]1. The van der Waals surface area contributed by atoms with Crippen molar-refractivity contribution in [2.75, 3.05) is 6.61 Å². The Balaban J connectivity index is 1.94. The van der Waals surface area contributed by atoms with Gasteiger partial charge in [-0.2, -0.15) is 0 Å². The third kappa shape index (κ3) is 6.37. The number of hydrogen-bond donors (Lipinski definition) is 0. The Morgan fingerprint density at radius 3 is 2.62 bits per heavy atom. The smallest absolute Gasteiger partial charge is 0.140 e. The second-order valence-electron chi connectivity index (χ2n) is 5.48. The highest BCUT2D eigenvalue weighted by Crippen LogP contribution is 2.22. The maximum Gasteiger partial charge on any atom is 0.140 e. The fraction of sp³-hybridized carbons (Fsp3) is 1.00. The summed E-state index contributed by atoms with van der Waals surface area (Å²) in [6.45, 7) is 6.03. The number of hydrogen-bond acceptors (Lipinski definition) is 1. The second-order valence-corrected chi connectivity index (χ2v) is 21.4. The fourth-order valence-electron chi connectivity index (χ4n) is 2.77. The van der Waals surface area contributed by atoms with Crippen LogP contribution in [0.25, 0.3) is 0 Å². The maximum absolute atomic E-state index is 5.66. The van der Waals surface area contributed by atoms with Crippen molar-refractivity contribution in [1.29, 1.82) is 0 Å². The van der Waals surface area contributed by atoms with E-state index in [1.54, 1.807) is 6.42 Å². The molecule has 0 aromatic heterocycles. The van der Waals surface area contributed by atoms with E-state index in [-0.39, 0.29) is 17.6 Å². The molecule has 1 saturated heterocycles. The van der Waals surface area contributed by atoms with Crippen LogP contribution in [0.3, 0.4) is 0 Å². The molecule has 2 unspecified atom stereocenters. The van der Waals surface area contributed by atoms with E-state index in [1.165, 1.54) is 44.6 Å². The van der Waals surface area contributed by atoms with Crippen LogP contribution in [0.4, 0.5) is 0 Å². The summed E-state index contributed by atoms with van der Waals surface area (Å²) in [5.74, 6) is 0. The van der Waals surface area contributed by atoms with E-state index in [0.717, 1.165) is 12.1 Å². The molecule has 1 aliphatic heterocycles. The van der Waals surface area contributed by atoms with Crippen LogP contribution >= 0.6 is 0 Å². The van der Waals surface area contributed by atoms with Crippen molar-refractivity contribution in [3.05, 3.63) is 0 Å². The first kappa shape index (κ1) is 14.7. The van der Waals surface area contributed by atoms with E-state index in [4.69, 9.17) is 4.43 Å². The van der Waals surface area contributed by atoms with Gasteiger partial charge in [0.05, 0.1) is 0 Å². The molecule has 0 aliphatic carbocycles. The molecule has 0 radical (unpaired) electrons. The average Bonchev–Trinajstić information content (AvgIpc) is 2.34. The molecule has 0 amide bonds. The van der Waals surface area contributed by atoms with E-state index in [2.05, 4.69) is 13.8 Å². The molecule has 0 aromatic rings. The normalized spacial score (nSPS) is 26.2. The predicted molar refractivity (Wildman–Crippen MR) is 82.4 cm³/mol. The minimum absolute atomic E-state index is 0.0791. The summed E-state index contributed by atoms with van der Waals surface area (Å²) < 4.78 is 5.66. The van der Waals surface area contributed by atoms with Crippen LogP contribution in [0.2, 0.25) is 11.6 Å². The second kappa shape index (κ2) is 9.62. The molecule has 96 valence electrons. The average molecular weight is 275 g/mol. The molecular weight excluding hydrogens is 244 g/mol. The largest absolute Gasteiger partial charge is 0.428 e. The van der Waals surface area contributed by atoms with Crippen LogP contribution in [0.15, 0.2) is 0 Å². The summed E-state index contributed by atoms with van der Waals surface area (Å²) in [6, 6.07) is 1.54. The van der Waals surface area contributed by atoms with Gasteiger partial charge < -0.3 is 4.43 Å². The molecule has 2 atom stereocenters. The molecule has 1 nitrogen and oxygen atoms in total. The van der Waals surface area contributed by atoms with Gasteiger partial charge in [-0.3, -0.25) is 0 Å². The predicted octanol–water partition coefficient (Wildman–Crippen LogP) is 2.05. The first-order valence-corrected chi connectivity index (χ1v) is 16.7. The topological polar surface area (TPSA) is 9.23 Å². The van der Waals surface area contributed by atoms with Gasteiger partial charge in [-0.15, -0.1) is 0 Å². The third-order valence-electron chi connectivity index (χ3n) is 4.08. The molecule has 1 fully saturated rings. The summed E-state index contributed by atoms with van der Waals surface area (Å²) in [5, 5.41) is 0. The Hall–Kier alpha value is 0.611. The minimum atomic E-state index is -0.210.